The molecule has 0 spiro atoms. The second kappa shape index (κ2) is 6.51. The summed E-state index contributed by atoms with van der Waals surface area (Å²) in [5, 5.41) is 3.48. The molecular weight excluding hydrogens is 317 g/mol. The van der Waals surface area contributed by atoms with Crippen LogP contribution in [-0.4, -0.2) is 6.54 Å². The fourth-order valence-corrected chi connectivity index (χ4v) is 3.14. The Labute approximate surface area is 128 Å². The highest BCUT2D eigenvalue weighted by Gasteiger charge is 2.18. The van der Waals surface area contributed by atoms with Crippen molar-refractivity contribution in [1.29, 1.82) is 0 Å². The molecule has 1 nitrogen and oxygen atoms in total. The van der Waals surface area contributed by atoms with Gasteiger partial charge in [0.1, 0.15) is 5.82 Å². The molecule has 106 valence electrons. The highest BCUT2D eigenvalue weighted by molar-refractivity contribution is 9.10. The van der Waals surface area contributed by atoms with E-state index in [1.54, 1.807) is 6.07 Å². The molecule has 0 aliphatic rings. The van der Waals surface area contributed by atoms with Crippen LogP contribution in [0.15, 0.2) is 40.9 Å². The van der Waals surface area contributed by atoms with Gasteiger partial charge in [-0.25, -0.2) is 4.39 Å². The third-order valence-corrected chi connectivity index (χ3v) is 4.10. The lowest BCUT2D eigenvalue weighted by atomic mass is 9.94. The number of hydrogen-bond donors (Lipinski definition) is 1. The minimum absolute atomic E-state index is 0.0653. The van der Waals surface area contributed by atoms with Gasteiger partial charge in [0, 0.05) is 4.47 Å². The summed E-state index contributed by atoms with van der Waals surface area (Å²) in [5.41, 5.74) is 4.46. The molecule has 0 amide bonds. The first-order chi connectivity index (χ1) is 9.52. The van der Waals surface area contributed by atoms with Crippen LogP contribution in [0.25, 0.3) is 0 Å². The Morgan fingerprint density at radius 3 is 2.40 bits per heavy atom. The summed E-state index contributed by atoms with van der Waals surface area (Å²) in [4.78, 5) is 0. The topological polar surface area (TPSA) is 12.0 Å². The van der Waals surface area contributed by atoms with Gasteiger partial charge in [0.15, 0.2) is 0 Å². The van der Waals surface area contributed by atoms with Crippen molar-refractivity contribution in [3.63, 3.8) is 0 Å². The highest BCUT2D eigenvalue weighted by atomic mass is 79.9. The van der Waals surface area contributed by atoms with Crippen molar-refractivity contribution in [1.82, 2.24) is 5.32 Å². The van der Waals surface area contributed by atoms with Crippen molar-refractivity contribution in [3.05, 3.63) is 68.9 Å². The molecule has 0 aliphatic heterocycles. The number of aryl methyl sites for hydroxylation is 2. The first-order valence-corrected chi connectivity index (χ1v) is 7.57. The summed E-state index contributed by atoms with van der Waals surface area (Å²) in [6.45, 7) is 6.94. The monoisotopic (exact) mass is 335 g/mol. The maximum Gasteiger partial charge on any atom is 0.123 e. The Morgan fingerprint density at radius 1 is 1.10 bits per heavy atom. The molecule has 1 N–H and O–H groups in total. The predicted molar refractivity (Wildman–Crippen MR) is 85.5 cm³/mol. The van der Waals surface area contributed by atoms with Crippen LogP contribution >= 0.6 is 15.9 Å². The molecule has 3 heteroatoms. The van der Waals surface area contributed by atoms with E-state index in [-0.39, 0.29) is 11.9 Å². The molecule has 2 rings (SSSR count). The normalized spacial score (nSPS) is 12.4. The van der Waals surface area contributed by atoms with Crippen LogP contribution in [0.3, 0.4) is 0 Å². The lowest BCUT2D eigenvalue weighted by Crippen LogP contribution is -2.23. The largest absolute Gasteiger partial charge is 0.306 e. The van der Waals surface area contributed by atoms with Gasteiger partial charge in [-0.3, -0.25) is 0 Å². The number of rotatable bonds is 4. The predicted octanol–water partition coefficient (Wildman–Crippen LogP) is 4.90. The van der Waals surface area contributed by atoms with Crippen LogP contribution < -0.4 is 5.32 Å². The van der Waals surface area contributed by atoms with Crippen LogP contribution in [0.4, 0.5) is 4.39 Å². The van der Waals surface area contributed by atoms with E-state index in [9.17, 15) is 4.39 Å². The second-order valence-corrected chi connectivity index (χ2v) is 5.87. The fraction of sp³-hybridized carbons (Fsp3) is 0.294. The summed E-state index contributed by atoms with van der Waals surface area (Å²) in [6.07, 6.45) is 0. The third kappa shape index (κ3) is 3.28. The van der Waals surface area contributed by atoms with Gasteiger partial charge < -0.3 is 5.32 Å². The van der Waals surface area contributed by atoms with Gasteiger partial charge in [0.05, 0.1) is 6.04 Å². The zero-order chi connectivity index (χ0) is 14.7. The van der Waals surface area contributed by atoms with Gasteiger partial charge in [-0.1, -0.05) is 41.1 Å². The van der Waals surface area contributed by atoms with Crippen molar-refractivity contribution in [3.8, 4) is 0 Å². The Bertz CT molecular complexity index is 558. The first-order valence-electron chi connectivity index (χ1n) is 6.78. The third-order valence-electron chi connectivity index (χ3n) is 3.42. The molecule has 0 bridgehead atoms. The van der Waals surface area contributed by atoms with Gasteiger partial charge in [0.2, 0.25) is 0 Å². The van der Waals surface area contributed by atoms with Gasteiger partial charge in [-0.2, -0.15) is 0 Å². The van der Waals surface area contributed by atoms with E-state index in [0.29, 0.717) is 0 Å². The smallest absolute Gasteiger partial charge is 0.123 e. The standard InChI is InChI=1S/C17H19BrFN/c1-4-20-17(14-8-6-13(19)10-12(14)3)15-7-5-11(2)9-16(15)18/h5-10,17,20H,4H2,1-3H3. The number of halogens is 2. The SMILES string of the molecule is CCNC(c1ccc(F)cc1C)c1ccc(C)cc1Br. The summed E-state index contributed by atoms with van der Waals surface area (Å²) < 4.78 is 14.4. The molecule has 0 saturated heterocycles. The van der Waals surface area contributed by atoms with Crippen molar-refractivity contribution < 1.29 is 4.39 Å². The van der Waals surface area contributed by atoms with Gasteiger partial charge in [-0.15, -0.1) is 0 Å². The van der Waals surface area contributed by atoms with Gasteiger partial charge in [-0.05, 0) is 60.8 Å². The summed E-state index contributed by atoms with van der Waals surface area (Å²) >= 11 is 3.64. The zero-order valence-corrected chi connectivity index (χ0v) is 13.6. The quantitative estimate of drug-likeness (QED) is 0.837. The first kappa shape index (κ1) is 15.2. The van der Waals surface area contributed by atoms with E-state index in [4.69, 9.17) is 0 Å². The second-order valence-electron chi connectivity index (χ2n) is 5.02. The minimum Gasteiger partial charge on any atom is -0.306 e. The molecule has 0 fully saturated rings. The molecule has 0 radical (unpaired) electrons. The van der Waals surface area contributed by atoms with E-state index in [1.165, 1.54) is 17.2 Å². The van der Waals surface area contributed by atoms with E-state index < -0.39 is 0 Å². The molecule has 20 heavy (non-hydrogen) atoms. The number of hydrogen-bond acceptors (Lipinski definition) is 1. The van der Waals surface area contributed by atoms with Crippen molar-refractivity contribution >= 4 is 15.9 Å². The molecule has 2 aromatic carbocycles. The van der Waals surface area contributed by atoms with Crippen molar-refractivity contribution in [2.24, 2.45) is 0 Å². The average Bonchev–Trinajstić information content (AvgIpc) is 2.37. The fourth-order valence-electron chi connectivity index (χ4n) is 2.42. The molecule has 1 unspecified atom stereocenters. The highest BCUT2D eigenvalue weighted by Crippen LogP contribution is 2.31. The Morgan fingerprint density at radius 2 is 1.80 bits per heavy atom. The van der Waals surface area contributed by atoms with E-state index in [0.717, 1.165) is 22.1 Å². The number of benzene rings is 2. The maximum atomic E-state index is 13.3. The molecule has 0 aromatic heterocycles. The van der Waals surface area contributed by atoms with E-state index in [1.807, 2.05) is 13.0 Å². The minimum atomic E-state index is -0.190. The van der Waals surface area contributed by atoms with Crippen LogP contribution in [0, 0.1) is 19.7 Å². The average molecular weight is 336 g/mol. The molecule has 1 atom stereocenters. The lowest BCUT2D eigenvalue weighted by molar-refractivity contribution is 0.609. The lowest BCUT2D eigenvalue weighted by Gasteiger charge is -2.22. The molecule has 0 aliphatic carbocycles. The van der Waals surface area contributed by atoms with Crippen LogP contribution in [0.1, 0.15) is 35.2 Å². The Kier molecular flexibility index (Phi) is 4.95. The van der Waals surface area contributed by atoms with Crippen LogP contribution in [0.2, 0.25) is 0 Å². The summed E-state index contributed by atoms with van der Waals surface area (Å²) in [5.74, 6) is -0.190. The van der Waals surface area contributed by atoms with E-state index >= 15 is 0 Å². The molecular formula is C17H19BrFN. The Balaban J connectivity index is 2.50. The van der Waals surface area contributed by atoms with Gasteiger partial charge in [0.25, 0.3) is 0 Å². The molecule has 0 saturated carbocycles. The number of nitrogens with one attached hydrogen (secondary N) is 1. The summed E-state index contributed by atoms with van der Waals surface area (Å²) in [6, 6.07) is 11.4. The summed E-state index contributed by atoms with van der Waals surface area (Å²) in [7, 11) is 0. The van der Waals surface area contributed by atoms with Gasteiger partial charge >= 0.3 is 0 Å². The Hall–Kier alpha value is -1.19. The van der Waals surface area contributed by atoms with E-state index in [2.05, 4.69) is 53.3 Å². The van der Waals surface area contributed by atoms with Crippen molar-refractivity contribution in [2.45, 2.75) is 26.8 Å². The maximum absolute atomic E-state index is 13.3. The van der Waals surface area contributed by atoms with Crippen LogP contribution in [0.5, 0.6) is 0 Å². The van der Waals surface area contributed by atoms with Crippen LogP contribution in [-0.2, 0) is 0 Å². The van der Waals surface area contributed by atoms with Crippen molar-refractivity contribution in [2.75, 3.05) is 6.54 Å². The molecule has 0 heterocycles. The molecule has 2 aromatic rings. The zero-order valence-electron chi connectivity index (χ0n) is 12.0.